The van der Waals surface area contributed by atoms with E-state index in [1.807, 2.05) is 54.6 Å². The summed E-state index contributed by atoms with van der Waals surface area (Å²) < 4.78 is 6.07. The number of anilines is 1. The minimum atomic E-state index is -0.442. The number of nitrogens with two attached hydrogens (primary N) is 1. The third-order valence-electron chi connectivity index (χ3n) is 5.00. The standard InChI is InChI=1S/C25H18N4O3/c26-14-21-24(22(15-28-25(21)27)18-6-2-1-3-7-18)20-8-4-5-9-23(20)32-16-17-10-12-19(13-11-17)29(30)31/h1-13,15H,16H2,(H2,27,28). The molecule has 1 heterocycles. The van der Waals surface area contributed by atoms with Gasteiger partial charge in [-0.25, -0.2) is 4.98 Å². The summed E-state index contributed by atoms with van der Waals surface area (Å²) in [4.78, 5) is 14.6. The molecule has 0 amide bonds. The van der Waals surface area contributed by atoms with E-state index in [1.54, 1.807) is 18.3 Å². The summed E-state index contributed by atoms with van der Waals surface area (Å²) in [7, 11) is 0. The highest BCUT2D eigenvalue weighted by Crippen LogP contribution is 2.40. The van der Waals surface area contributed by atoms with Crippen LogP contribution in [0.3, 0.4) is 0 Å². The van der Waals surface area contributed by atoms with E-state index in [4.69, 9.17) is 10.5 Å². The van der Waals surface area contributed by atoms with Crippen LogP contribution in [0, 0.1) is 21.4 Å². The molecule has 0 spiro atoms. The number of pyridine rings is 1. The van der Waals surface area contributed by atoms with Crippen molar-refractivity contribution in [2.75, 3.05) is 5.73 Å². The SMILES string of the molecule is N#Cc1c(N)ncc(-c2ccccc2)c1-c1ccccc1OCc1ccc([N+](=O)[O-])cc1. The maximum absolute atomic E-state index is 10.9. The number of nitro benzene ring substituents is 1. The average Bonchev–Trinajstić information content (AvgIpc) is 2.83. The number of aromatic nitrogens is 1. The molecule has 7 heteroatoms. The molecule has 3 aromatic carbocycles. The van der Waals surface area contributed by atoms with Crippen molar-refractivity contribution in [1.82, 2.24) is 4.98 Å². The number of nitrogen functional groups attached to an aromatic ring is 1. The van der Waals surface area contributed by atoms with Gasteiger partial charge in [0.25, 0.3) is 5.69 Å². The molecule has 1 aromatic heterocycles. The number of nitro groups is 1. The molecule has 0 saturated heterocycles. The van der Waals surface area contributed by atoms with Crippen molar-refractivity contribution < 1.29 is 9.66 Å². The van der Waals surface area contributed by atoms with Crippen LogP contribution in [0.4, 0.5) is 11.5 Å². The molecular formula is C25H18N4O3. The normalized spacial score (nSPS) is 10.3. The van der Waals surface area contributed by atoms with Crippen molar-refractivity contribution in [3.8, 4) is 34.1 Å². The van der Waals surface area contributed by atoms with E-state index in [-0.39, 0.29) is 23.7 Å². The first-order chi connectivity index (χ1) is 15.6. The predicted octanol–water partition coefficient (Wildman–Crippen LogP) is 5.36. The van der Waals surface area contributed by atoms with Gasteiger partial charge in [-0.15, -0.1) is 0 Å². The van der Waals surface area contributed by atoms with Gasteiger partial charge in [0.1, 0.15) is 29.8 Å². The van der Waals surface area contributed by atoms with E-state index in [0.717, 1.165) is 16.7 Å². The first kappa shape index (κ1) is 20.6. The summed E-state index contributed by atoms with van der Waals surface area (Å²) in [5.41, 5.74) is 10.1. The van der Waals surface area contributed by atoms with Gasteiger partial charge in [0.15, 0.2) is 0 Å². The van der Waals surface area contributed by atoms with E-state index in [0.29, 0.717) is 16.9 Å². The van der Waals surface area contributed by atoms with Gasteiger partial charge in [0.2, 0.25) is 0 Å². The second-order valence-electron chi connectivity index (χ2n) is 6.99. The van der Waals surface area contributed by atoms with Gasteiger partial charge in [-0.1, -0.05) is 48.5 Å². The molecule has 0 fully saturated rings. The van der Waals surface area contributed by atoms with Crippen molar-refractivity contribution >= 4 is 11.5 Å². The number of hydrogen-bond acceptors (Lipinski definition) is 6. The Morgan fingerprint density at radius 1 is 0.969 bits per heavy atom. The smallest absolute Gasteiger partial charge is 0.269 e. The molecule has 0 radical (unpaired) electrons. The van der Waals surface area contributed by atoms with Crippen molar-refractivity contribution in [2.45, 2.75) is 6.61 Å². The lowest BCUT2D eigenvalue weighted by atomic mass is 9.92. The van der Waals surface area contributed by atoms with E-state index in [9.17, 15) is 15.4 Å². The number of para-hydroxylation sites is 1. The van der Waals surface area contributed by atoms with Crippen LogP contribution in [0.1, 0.15) is 11.1 Å². The van der Waals surface area contributed by atoms with Gasteiger partial charge < -0.3 is 10.5 Å². The molecule has 0 aliphatic rings. The molecule has 32 heavy (non-hydrogen) atoms. The molecule has 0 bridgehead atoms. The van der Waals surface area contributed by atoms with Gasteiger partial charge in [-0.2, -0.15) is 5.26 Å². The average molecular weight is 422 g/mol. The van der Waals surface area contributed by atoms with Crippen LogP contribution in [-0.4, -0.2) is 9.91 Å². The summed E-state index contributed by atoms with van der Waals surface area (Å²) >= 11 is 0. The lowest BCUT2D eigenvalue weighted by Gasteiger charge is -2.17. The number of ether oxygens (including phenoxy) is 1. The molecule has 0 aliphatic heterocycles. The Balaban J connectivity index is 1.76. The van der Waals surface area contributed by atoms with Crippen LogP contribution in [0.25, 0.3) is 22.3 Å². The molecule has 7 nitrogen and oxygen atoms in total. The van der Waals surface area contributed by atoms with Gasteiger partial charge in [-0.05, 0) is 29.3 Å². The zero-order valence-electron chi connectivity index (χ0n) is 16.9. The zero-order valence-corrected chi connectivity index (χ0v) is 16.9. The van der Waals surface area contributed by atoms with E-state index >= 15 is 0 Å². The molecule has 0 unspecified atom stereocenters. The Morgan fingerprint density at radius 3 is 2.34 bits per heavy atom. The summed E-state index contributed by atoms with van der Waals surface area (Å²) in [6.07, 6.45) is 1.66. The van der Waals surface area contributed by atoms with Crippen molar-refractivity contribution in [2.24, 2.45) is 0 Å². The lowest BCUT2D eigenvalue weighted by molar-refractivity contribution is -0.384. The van der Waals surface area contributed by atoms with Gasteiger partial charge >= 0.3 is 0 Å². The summed E-state index contributed by atoms with van der Waals surface area (Å²) in [5, 5.41) is 20.7. The Bertz CT molecular complexity index is 1310. The van der Waals surface area contributed by atoms with Crippen LogP contribution in [0.5, 0.6) is 5.75 Å². The van der Waals surface area contributed by atoms with Crippen LogP contribution in [0.15, 0.2) is 85.1 Å². The largest absolute Gasteiger partial charge is 0.488 e. The summed E-state index contributed by atoms with van der Waals surface area (Å²) in [6.45, 7) is 0.206. The number of rotatable bonds is 6. The highest BCUT2D eigenvalue weighted by atomic mass is 16.6. The third-order valence-corrected chi connectivity index (χ3v) is 5.00. The monoisotopic (exact) mass is 422 g/mol. The number of non-ortho nitro benzene ring substituents is 1. The minimum absolute atomic E-state index is 0.0209. The molecule has 4 rings (SSSR count). The Labute approximate surface area is 184 Å². The fourth-order valence-corrected chi connectivity index (χ4v) is 3.43. The molecular weight excluding hydrogens is 404 g/mol. The highest BCUT2D eigenvalue weighted by Gasteiger charge is 2.19. The Kier molecular flexibility index (Phi) is 5.77. The topological polar surface area (TPSA) is 115 Å². The fourth-order valence-electron chi connectivity index (χ4n) is 3.43. The van der Waals surface area contributed by atoms with Crippen LogP contribution in [-0.2, 0) is 6.61 Å². The third kappa shape index (κ3) is 4.11. The summed E-state index contributed by atoms with van der Waals surface area (Å²) in [5.74, 6) is 0.706. The number of hydrogen-bond donors (Lipinski definition) is 1. The van der Waals surface area contributed by atoms with Gasteiger partial charge in [0, 0.05) is 35.0 Å². The Hall–Kier alpha value is -4.70. The maximum atomic E-state index is 10.9. The lowest BCUT2D eigenvalue weighted by Crippen LogP contribution is -2.02. The molecule has 2 N–H and O–H groups in total. The number of nitrogens with zero attached hydrogens (tertiary/aromatic N) is 3. The minimum Gasteiger partial charge on any atom is -0.488 e. The van der Waals surface area contributed by atoms with Crippen LogP contribution >= 0.6 is 0 Å². The van der Waals surface area contributed by atoms with Crippen LogP contribution < -0.4 is 10.5 Å². The van der Waals surface area contributed by atoms with E-state index in [2.05, 4.69) is 11.1 Å². The van der Waals surface area contributed by atoms with Crippen LogP contribution in [0.2, 0.25) is 0 Å². The highest BCUT2D eigenvalue weighted by molar-refractivity contribution is 5.91. The van der Waals surface area contributed by atoms with Crippen molar-refractivity contribution in [3.05, 3.63) is 106 Å². The van der Waals surface area contributed by atoms with E-state index in [1.165, 1.54) is 12.1 Å². The first-order valence-electron chi connectivity index (χ1n) is 9.78. The quantitative estimate of drug-likeness (QED) is 0.330. The molecule has 156 valence electrons. The first-order valence-corrected chi connectivity index (χ1v) is 9.78. The molecule has 4 aromatic rings. The van der Waals surface area contributed by atoms with Crippen molar-refractivity contribution in [3.63, 3.8) is 0 Å². The number of nitriles is 1. The van der Waals surface area contributed by atoms with Gasteiger partial charge in [-0.3, -0.25) is 10.1 Å². The fraction of sp³-hybridized carbons (Fsp3) is 0.0400. The molecule has 0 saturated carbocycles. The maximum Gasteiger partial charge on any atom is 0.269 e. The number of benzene rings is 3. The van der Waals surface area contributed by atoms with Gasteiger partial charge in [0.05, 0.1) is 4.92 Å². The molecule has 0 aliphatic carbocycles. The Morgan fingerprint density at radius 2 is 1.66 bits per heavy atom. The second-order valence-corrected chi connectivity index (χ2v) is 6.99. The molecule has 0 atom stereocenters. The van der Waals surface area contributed by atoms with Crippen molar-refractivity contribution in [1.29, 1.82) is 5.26 Å². The summed E-state index contributed by atoms with van der Waals surface area (Å²) in [6, 6.07) is 25.4. The second kappa shape index (κ2) is 8.98. The zero-order chi connectivity index (χ0) is 22.5. The van der Waals surface area contributed by atoms with E-state index < -0.39 is 4.92 Å². The predicted molar refractivity (Wildman–Crippen MR) is 122 cm³/mol.